The van der Waals surface area contributed by atoms with E-state index >= 15 is 0 Å². The van der Waals surface area contributed by atoms with Crippen LogP contribution >= 0.6 is 35.3 Å². The number of aryl methyl sites for hydroxylation is 1. The number of hydrogen-bond acceptors (Lipinski definition) is 6. The summed E-state index contributed by atoms with van der Waals surface area (Å²) in [7, 11) is -1.46. The predicted octanol–water partition coefficient (Wildman–Crippen LogP) is 2.98. The van der Waals surface area contributed by atoms with Crippen molar-refractivity contribution in [3.8, 4) is 0 Å². The Hall–Kier alpha value is -1.40. The Balaban J connectivity index is 0.00000320. The minimum Gasteiger partial charge on any atom is -0.356 e. The van der Waals surface area contributed by atoms with Crippen LogP contribution in [0.15, 0.2) is 33.5 Å². The largest absolute Gasteiger partial charge is 0.356 e. The molecule has 0 unspecified atom stereocenters. The fourth-order valence-corrected chi connectivity index (χ4v) is 5.29. The van der Waals surface area contributed by atoms with Crippen LogP contribution in [0, 0.1) is 6.92 Å². The molecule has 10 heteroatoms. The van der Waals surface area contributed by atoms with Gasteiger partial charge in [-0.25, -0.2) is 13.4 Å². The molecule has 1 aliphatic rings. The maximum absolute atomic E-state index is 11.7. The van der Waals surface area contributed by atoms with Gasteiger partial charge in [0.25, 0.3) is 0 Å². The molecule has 0 aliphatic carbocycles. The highest BCUT2D eigenvalue weighted by Crippen LogP contribution is 2.24. The number of hydrogen-bond donors (Lipinski definition) is 2. The average molecular weight is 564 g/mol. The minimum atomic E-state index is -3.19. The quantitative estimate of drug-likeness (QED) is 0.306. The second-order valence-corrected chi connectivity index (χ2v) is 10.1. The Kier molecular flexibility index (Phi) is 9.35. The third-order valence-electron chi connectivity index (χ3n) is 4.91. The zero-order chi connectivity index (χ0) is 20.9. The van der Waals surface area contributed by atoms with Gasteiger partial charge in [0.05, 0.1) is 10.6 Å². The van der Waals surface area contributed by atoms with E-state index in [-0.39, 0.29) is 24.0 Å². The van der Waals surface area contributed by atoms with Gasteiger partial charge in [0.1, 0.15) is 0 Å². The van der Waals surface area contributed by atoms with Crippen molar-refractivity contribution in [2.24, 2.45) is 4.99 Å². The van der Waals surface area contributed by atoms with Gasteiger partial charge in [0.15, 0.2) is 20.9 Å². The molecule has 1 saturated heterocycles. The number of sulfone groups is 1. The Morgan fingerprint density at radius 1 is 1.27 bits per heavy atom. The summed E-state index contributed by atoms with van der Waals surface area (Å²) in [6.07, 6.45) is 4.59. The molecule has 0 saturated carbocycles. The lowest BCUT2D eigenvalue weighted by molar-refractivity contribution is 0.601. The lowest BCUT2D eigenvalue weighted by Crippen LogP contribution is -2.37. The molecule has 1 aromatic heterocycles. The van der Waals surface area contributed by atoms with Crippen LogP contribution in [-0.2, 0) is 22.8 Å². The van der Waals surface area contributed by atoms with E-state index in [9.17, 15) is 8.42 Å². The zero-order valence-electron chi connectivity index (χ0n) is 17.6. The van der Waals surface area contributed by atoms with Gasteiger partial charge in [0.2, 0.25) is 0 Å². The van der Waals surface area contributed by atoms with E-state index < -0.39 is 9.84 Å². The van der Waals surface area contributed by atoms with E-state index in [2.05, 4.69) is 25.9 Å². The molecule has 0 spiro atoms. The normalized spacial score (nSPS) is 14.5. The van der Waals surface area contributed by atoms with E-state index in [0.717, 1.165) is 48.0 Å². The monoisotopic (exact) mass is 563 g/mol. The van der Waals surface area contributed by atoms with E-state index in [0.29, 0.717) is 17.4 Å². The van der Waals surface area contributed by atoms with Crippen molar-refractivity contribution >= 4 is 56.2 Å². The summed E-state index contributed by atoms with van der Waals surface area (Å²) in [5, 5.41) is 9.85. The van der Waals surface area contributed by atoms with E-state index in [1.54, 1.807) is 24.5 Å². The smallest absolute Gasteiger partial charge is 0.191 e. The van der Waals surface area contributed by atoms with Crippen LogP contribution < -0.4 is 15.5 Å². The molecule has 2 aromatic rings. The Morgan fingerprint density at radius 3 is 2.63 bits per heavy atom. The summed E-state index contributed by atoms with van der Waals surface area (Å²) >= 11 is 1.72. The van der Waals surface area contributed by atoms with Crippen LogP contribution in [0.25, 0.3) is 0 Å². The summed E-state index contributed by atoms with van der Waals surface area (Å²) in [5.41, 5.74) is 2.87. The number of halogens is 1. The molecular weight excluding hydrogens is 533 g/mol. The van der Waals surface area contributed by atoms with Gasteiger partial charge in [0, 0.05) is 51.3 Å². The Labute approximate surface area is 200 Å². The van der Waals surface area contributed by atoms with Crippen molar-refractivity contribution in [3.05, 3.63) is 40.4 Å². The number of aliphatic imine (C=N–C) groups is 1. The Bertz CT molecular complexity index is 969. The van der Waals surface area contributed by atoms with E-state index in [1.165, 1.54) is 19.1 Å². The number of nitrogens with zero attached hydrogens (tertiary/aromatic N) is 3. The molecule has 3 rings (SSSR count). The Morgan fingerprint density at radius 2 is 2.00 bits per heavy atom. The second kappa shape index (κ2) is 11.3. The molecule has 2 heterocycles. The summed E-state index contributed by atoms with van der Waals surface area (Å²) in [6, 6.07) is 5.39. The average Bonchev–Trinajstić information content (AvgIpc) is 3.35. The minimum absolute atomic E-state index is 0. The molecule has 2 N–H and O–H groups in total. The number of guanidine groups is 1. The van der Waals surface area contributed by atoms with Crippen LogP contribution in [0.5, 0.6) is 0 Å². The molecule has 30 heavy (non-hydrogen) atoms. The van der Waals surface area contributed by atoms with Gasteiger partial charge >= 0.3 is 0 Å². The molecule has 0 atom stereocenters. The lowest BCUT2D eigenvalue weighted by atomic mass is 10.1. The van der Waals surface area contributed by atoms with Gasteiger partial charge in [-0.2, -0.15) is 0 Å². The van der Waals surface area contributed by atoms with Gasteiger partial charge < -0.3 is 15.5 Å². The van der Waals surface area contributed by atoms with E-state index in [4.69, 9.17) is 4.98 Å². The molecule has 1 aromatic carbocycles. The van der Waals surface area contributed by atoms with Crippen molar-refractivity contribution < 1.29 is 8.42 Å². The van der Waals surface area contributed by atoms with Crippen molar-refractivity contribution in [1.29, 1.82) is 0 Å². The third-order valence-corrected chi connectivity index (χ3v) is 7.12. The molecule has 1 aliphatic heterocycles. The standard InChI is InChI=1S/C20H29N5O2S2.HI/c1-15-12-16(6-7-18(15)29(3,26)27)13-23-19(21-2)22-9-8-17-14-28-20(24-17)25-10-4-5-11-25;/h6-7,12,14H,4-5,8-11,13H2,1-3H3,(H2,21,22,23);1H. The molecule has 0 radical (unpaired) electrons. The van der Waals surface area contributed by atoms with Crippen LogP contribution in [0.3, 0.4) is 0 Å². The molecule has 0 bridgehead atoms. The first-order valence-electron chi connectivity index (χ1n) is 9.80. The molecule has 0 amide bonds. The van der Waals surface area contributed by atoms with Crippen molar-refractivity contribution in [1.82, 2.24) is 15.6 Å². The molecule has 1 fully saturated rings. The van der Waals surface area contributed by atoms with Crippen LogP contribution in [-0.4, -0.2) is 52.3 Å². The summed E-state index contributed by atoms with van der Waals surface area (Å²) in [4.78, 5) is 11.7. The van der Waals surface area contributed by atoms with Crippen molar-refractivity contribution in [2.45, 2.75) is 37.6 Å². The maximum Gasteiger partial charge on any atom is 0.191 e. The zero-order valence-corrected chi connectivity index (χ0v) is 21.6. The molecular formula is C20H30IN5O2S2. The highest BCUT2D eigenvalue weighted by atomic mass is 127. The van der Waals surface area contributed by atoms with Gasteiger partial charge in [-0.1, -0.05) is 12.1 Å². The SMILES string of the molecule is CN=C(NCCc1csc(N2CCCC2)n1)NCc1ccc(S(C)(=O)=O)c(C)c1.I. The summed E-state index contributed by atoms with van der Waals surface area (Å²) < 4.78 is 23.5. The van der Waals surface area contributed by atoms with Crippen LogP contribution in [0.2, 0.25) is 0 Å². The second-order valence-electron chi connectivity index (χ2n) is 7.29. The number of benzene rings is 1. The van der Waals surface area contributed by atoms with Crippen molar-refractivity contribution in [3.63, 3.8) is 0 Å². The van der Waals surface area contributed by atoms with Gasteiger partial charge in [-0.15, -0.1) is 35.3 Å². The summed E-state index contributed by atoms with van der Waals surface area (Å²) in [6.45, 7) is 5.37. The van der Waals surface area contributed by atoms with E-state index in [1.807, 2.05) is 19.1 Å². The van der Waals surface area contributed by atoms with Crippen molar-refractivity contribution in [2.75, 3.05) is 37.8 Å². The van der Waals surface area contributed by atoms with Gasteiger partial charge in [-0.3, -0.25) is 4.99 Å². The van der Waals surface area contributed by atoms with Gasteiger partial charge in [-0.05, 0) is 37.0 Å². The highest BCUT2D eigenvalue weighted by Gasteiger charge is 2.15. The highest BCUT2D eigenvalue weighted by molar-refractivity contribution is 14.0. The lowest BCUT2D eigenvalue weighted by Gasteiger charge is -2.13. The number of aromatic nitrogens is 1. The van der Waals surface area contributed by atoms with Crippen LogP contribution in [0.4, 0.5) is 5.13 Å². The molecule has 166 valence electrons. The number of nitrogens with one attached hydrogen (secondary N) is 2. The molecule has 7 nitrogen and oxygen atoms in total. The first-order valence-corrected chi connectivity index (χ1v) is 12.6. The number of rotatable bonds is 7. The third kappa shape index (κ3) is 6.81. The first kappa shape index (κ1) is 24.9. The predicted molar refractivity (Wildman–Crippen MR) is 135 cm³/mol. The topological polar surface area (TPSA) is 86.7 Å². The first-order chi connectivity index (χ1) is 13.9. The maximum atomic E-state index is 11.7. The van der Waals surface area contributed by atoms with Crippen LogP contribution in [0.1, 0.15) is 29.7 Å². The summed E-state index contributed by atoms with van der Waals surface area (Å²) in [5.74, 6) is 0.713. The fourth-order valence-electron chi connectivity index (χ4n) is 3.42. The number of thiazole rings is 1. The number of anilines is 1. The fraction of sp³-hybridized carbons (Fsp3) is 0.500.